The number of hydrogen-bond acceptors (Lipinski definition) is 4. The maximum absolute atomic E-state index is 12.6. The third-order valence-electron chi connectivity index (χ3n) is 3.62. The van der Waals surface area contributed by atoms with Crippen molar-refractivity contribution >= 4 is 16.9 Å². The molecule has 0 saturated heterocycles. The highest BCUT2D eigenvalue weighted by molar-refractivity contribution is 5.82. The van der Waals surface area contributed by atoms with E-state index in [4.69, 9.17) is 9.15 Å². The zero-order valence-corrected chi connectivity index (χ0v) is 14.2. The molecule has 0 aliphatic rings. The molecule has 1 aromatic heterocycles. The minimum absolute atomic E-state index is 0.0652. The smallest absolute Gasteiger partial charge is 0.336 e. The van der Waals surface area contributed by atoms with Crippen LogP contribution in [0.1, 0.15) is 34.6 Å². The summed E-state index contributed by atoms with van der Waals surface area (Å²) < 4.78 is 10.9. The molecule has 0 spiro atoms. The first-order valence-corrected chi connectivity index (χ1v) is 7.82. The van der Waals surface area contributed by atoms with E-state index in [1.807, 2.05) is 27.7 Å². The second-order valence-electron chi connectivity index (χ2n) is 6.15. The van der Waals surface area contributed by atoms with Crippen LogP contribution in [0.2, 0.25) is 0 Å². The molecule has 1 heterocycles. The predicted octanol–water partition coefficient (Wildman–Crippen LogP) is 3.21. The Morgan fingerprint density at radius 2 is 1.65 bits per heavy atom. The topological polar surface area (TPSA) is 59.8 Å². The number of carbonyl (C=O) groups is 1. The summed E-state index contributed by atoms with van der Waals surface area (Å²) in [6, 6.07) is 8.47. The minimum Gasteiger partial charge on any atom is -0.481 e. The van der Waals surface area contributed by atoms with Gasteiger partial charge in [0.15, 0.2) is 6.10 Å². The lowest BCUT2D eigenvalue weighted by Crippen LogP contribution is -2.47. The molecule has 0 radical (unpaired) electrons. The number of benzene rings is 1. The van der Waals surface area contributed by atoms with E-state index in [-0.39, 0.29) is 18.0 Å². The Labute approximate surface area is 135 Å². The summed E-state index contributed by atoms with van der Waals surface area (Å²) in [4.78, 5) is 25.7. The fourth-order valence-electron chi connectivity index (χ4n) is 2.68. The summed E-state index contributed by atoms with van der Waals surface area (Å²) in [7, 11) is 0. The van der Waals surface area contributed by atoms with Crippen molar-refractivity contribution in [2.45, 2.75) is 52.8 Å². The molecule has 0 aliphatic heterocycles. The van der Waals surface area contributed by atoms with Crippen molar-refractivity contribution < 1.29 is 13.9 Å². The number of amides is 1. The third kappa shape index (κ3) is 3.92. The van der Waals surface area contributed by atoms with Gasteiger partial charge in [-0.3, -0.25) is 4.79 Å². The number of fused-ring (bicyclic) bond motifs is 1. The highest BCUT2D eigenvalue weighted by Crippen LogP contribution is 2.21. The molecule has 124 valence electrons. The quantitative estimate of drug-likeness (QED) is 0.795. The van der Waals surface area contributed by atoms with Crippen molar-refractivity contribution in [1.82, 2.24) is 4.90 Å². The van der Waals surface area contributed by atoms with Crippen LogP contribution in [0, 0.1) is 0 Å². The van der Waals surface area contributed by atoms with E-state index in [1.165, 1.54) is 6.07 Å². The molecule has 0 unspecified atom stereocenters. The summed E-state index contributed by atoms with van der Waals surface area (Å²) in [6.45, 7) is 9.65. The van der Waals surface area contributed by atoms with E-state index in [9.17, 15) is 9.59 Å². The van der Waals surface area contributed by atoms with Gasteiger partial charge in [-0.1, -0.05) is 0 Å². The van der Waals surface area contributed by atoms with E-state index in [2.05, 4.69) is 0 Å². The third-order valence-corrected chi connectivity index (χ3v) is 3.62. The van der Waals surface area contributed by atoms with Crippen LogP contribution in [0.5, 0.6) is 5.75 Å². The maximum Gasteiger partial charge on any atom is 0.336 e. The number of carbonyl (C=O) groups excluding carboxylic acids is 1. The highest BCUT2D eigenvalue weighted by Gasteiger charge is 2.26. The minimum atomic E-state index is -0.618. The maximum atomic E-state index is 12.6. The van der Waals surface area contributed by atoms with Crippen molar-refractivity contribution in [3.8, 4) is 5.75 Å². The van der Waals surface area contributed by atoms with Gasteiger partial charge < -0.3 is 14.1 Å². The van der Waals surface area contributed by atoms with E-state index >= 15 is 0 Å². The molecule has 5 nitrogen and oxygen atoms in total. The van der Waals surface area contributed by atoms with Gasteiger partial charge in [0, 0.05) is 29.6 Å². The largest absolute Gasteiger partial charge is 0.481 e. The SMILES string of the molecule is CC(C)N(C(=O)[C@H](C)Oc1ccc2ccc(=O)oc2c1)C(C)C. The fourth-order valence-corrected chi connectivity index (χ4v) is 2.68. The normalized spacial score (nSPS) is 12.7. The molecule has 0 bridgehead atoms. The molecule has 5 heteroatoms. The van der Waals surface area contributed by atoms with Gasteiger partial charge in [0.05, 0.1) is 0 Å². The number of hydrogen-bond donors (Lipinski definition) is 0. The van der Waals surface area contributed by atoms with Gasteiger partial charge in [-0.05, 0) is 52.8 Å². The number of rotatable bonds is 5. The van der Waals surface area contributed by atoms with Crippen molar-refractivity contribution in [3.05, 3.63) is 40.8 Å². The molecular weight excluding hydrogens is 294 g/mol. The lowest BCUT2D eigenvalue weighted by molar-refractivity contribution is -0.141. The first kappa shape index (κ1) is 17.1. The number of ether oxygens (including phenoxy) is 1. The van der Waals surface area contributed by atoms with Crippen LogP contribution in [-0.2, 0) is 4.79 Å². The Bertz CT molecular complexity index is 740. The zero-order chi connectivity index (χ0) is 17.1. The Balaban J connectivity index is 2.20. The molecule has 0 saturated carbocycles. The monoisotopic (exact) mass is 317 g/mol. The molecule has 2 rings (SSSR count). The van der Waals surface area contributed by atoms with Crippen LogP contribution < -0.4 is 10.4 Å². The van der Waals surface area contributed by atoms with E-state index in [0.29, 0.717) is 11.3 Å². The van der Waals surface area contributed by atoms with Gasteiger partial charge in [0.25, 0.3) is 5.91 Å². The van der Waals surface area contributed by atoms with Crippen LogP contribution in [0.25, 0.3) is 11.0 Å². The van der Waals surface area contributed by atoms with Gasteiger partial charge >= 0.3 is 5.63 Å². The molecular formula is C18H23NO4. The van der Waals surface area contributed by atoms with Gasteiger partial charge in [-0.15, -0.1) is 0 Å². The van der Waals surface area contributed by atoms with Crippen LogP contribution in [0.15, 0.2) is 39.5 Å². The first-order valence-electron chi connectivity index (χ1n) is 7.82. The lowest BCUT2D eigenvalue weighted by atomic mass is 10.2. The fraction of sp³-hybridized carbons (Fsp3) is 0.444. The van der Waals surface area contributed by atoms with E-state index in [1.54, 1.807) is 36.1 Å². The van der Waals surface area contributed by atoms with Gasteiger partial charge in [-0.2, -0.15) is 0 Å². The first-order chi connectivity index (χ1) is 10.8. The van der Waals surface area contributed by atoms with Crippen LogP contribution >= 0.6 is 0 Å². The molecule has 1 atom stereocenters. The predicted molar refractivity (Wildman–Crippen MR) is 89.7 cm³/mol. The highest BCUT2D eigenvalue weighted by atomic mass is 16.5. The molecule has 2 aromatic rings. The van der Waals surface area contributed by atoms with Crippen LogP contribution in [-0.4, -0.2) is 29.0 Å². The van der Waals surface area contributed by atoms with Gasteiger partial charge in [-0.25, -0.2) is 4.79 Å². The Morgan fingerprint density at radius 1 is 1.04 bits per heavy atom. The Kier molecular flexibility index (Phi) is 5.08. The average molecular weight is 317 g/mol. The summed E-state index contributed by atoms with van der Waals surface area (Å²) in [5.41, 5.74) is 0.0313. The summed E-state index contributed by atoms with van der Waals surface area (Å²) in [5.74, 6) is 0.435. The van der Waals surface area contributed by atoms with Gasteiger partial charge in [0.2, 0.25) is 0 Å². The second kappa shape index (κ2) is 6.86. The van der Waals surface area contributed by atoms with Crippen molar-refractivity contribution in [2.75, 3.05) is 0 Å². The van der Waals surface area contributed by atoms with Crippen LogP contribution in [0.3, 0.4) is 0 Å². The molecule has 23 heavy (non-hydrogen) atoms. The molecule has 1 amide bonds. The summed E-state index contributed by atoms with van der Waals surface area (Å²) >= 11 is 0. The zero-order valence-electron chi connectivity index (χ0n) is 14.2. The molecule has 0 aliphatic carbocycles. The van der Waals surface area contributed by atoms with Crippen molar-refractivity contribution in [2.24, 2.45) is 0 Å². The Hall–Kier alpha value is -2.30. The van der Waals surface area contributed by atoms with Gasteiger partial charge in [0.1, 0.15) is 11.3 Å². The van der Waals surface area contributed by atoms with Crippen molar-refractivity contribution in [1.29, 1.82) is 0 Å². The molecule has 0 N–H and O–H groups in total. The second-order valence-corrected chi connectivity index (χ2v) is 6.15. The van der Waals surface area contributed by atoms with E-state index in [0.717, 1.165) is 5.39 Å². The van der Waals surface area contributed by atoms with E-state index < -0.39 is 11.7 Å². The number of nitrogens with zero attached hydrogens (tertiary/aromatic N) is 1. The van der Waals surface area contributed by atoms with Crippen LogP contribution in [0.4, 0.5) is 0 Å². The lowest BCUT2D eigenvalue weighted by Gasteiger charge is -2.33. The summed E-state index contributed by atoms with van der Waals surface area (Å²) in [6.07, 6.45) is -0.618. The molecule has 0 fully saturated rings. The average Bonchev–Trinajstić information content (AvgIpc) is 2.45. The molecule has 1 aromatic carbocycles. The standard InChI is InChI=1S/C18H23NO4/c1-11(2)19(12(3)4)18(21)13(5)22-15-8-6-14-7-9-17(20)23-16(14)10-15/h6-13H,1-5H3/t13-/m0/s1. The Morgan fingerprint density at radius 3 is 2.26 bits per heavy atom. The summed E-state index contributed by atoms with van der Waals surface area (Å²) in [5, 5.41) is 0.807. The van der Waals surface area contributed by atoms with Crippen molar-refractivity contribution in [3.63, 3.8) is 0 Å².